The fourth-order valence-electron chi connectivity index (χ4n) is 2.60. The number of likely N-dealkylation sites (N-methyl/N-ethyl adjacent to an activating group) is 1. The van der Waals surface area contributed by atoms with E-state index in [0.717, 1.165) is 16.9 Å². The molecule has 0 radical (unpaired) electrons. The fourth-order valence-corrected chi connectivity index (χ4v) is 2.60. The first-order valence-electron chi connectivity index (χ1n) is 8.08. The largest absolute Gasteiger partial charge is 0.497 e. The van der Waals surface area contributed by atoms with E-state index < -0.39 is 0 Å². The first-order valence-corrected chi connectivity index (χ1v) is 8.08. The number of ether oxygens (including phenoxy) is 1. The number of hydrogen-bond donors (Lipinski definition) is 1. The van der Waals surface area contributed by atoms with Gasteiger partial charge in [0.25, 0.3) is 5.91 Å². The van der Waals surface area contributed by atoms with Crippen molar-refractivity contribution in [2.75, 3.05) is 27.7 Å². The second-order valence-corrected chi connectivity index (χ2v) is 6.26. The second kappa shape index (κ2) is 7.97. The normalized spacial score (nSPS) is 12.1. The van der Waals surface area contributed by atoms with Crippen LogP contribution in [0.1, 0.15) is 33.1 Å². The quantitative estimate of drug-likeness (QED) is 0.885. The van der Waals surface area contributed by atoms with Crippen LogP contribution in [0.25, 0.3) is 0 Å². The Morgan fingerprint density at radius 2 is 1.75 bits per heavy atom. The lowest BCUT2D eigenvalue weighted by atomic mass is 10.0. The van der Waals surface area contributed by atoms with Crippen LogP contribution < -0.4 is 10.1 Å². The Morgan fingerprint density at radius 1 is 1.08 bits per heavy atom. The highest BCUT2D eigenvalue weighted by atomic mass is 16.5. The van der Waals surface area contributed by atoms with Crippen molar-refractivity contribution in [2.45, 2.75) is 19.9 Å². The predicted octanol–water partition coefficient (Wildman–Crippen LogP) is 3.34. The van der Waals surface area contributed by atoms with Gasteiger partial charge in [-0.1, -0.05) is 18.2 Å². The summed E-state index contributed by atoms with van der Waals surface area (Å²) in [5, 5.41) is 3.04. The molecule has 2 rings (SSSR count). The standard InChI is InChI=1S/C20H26N2O2/c1-14-6-7-17(12-15(14)2)20(23)21-13-19(22(3)4)16-8-10-18(24-5)11-9-16/h6-12,19H,13H2,1-5H3,(H,21,23)/t19-/m1/s1. The van der Waals surface area contributed by atoms with E-state index in [2.05, 4.69) is 10.2 Å². The predicted molar refractivity (Wildman–Crippen MR) is 97.7 cm³/mol. The lowest BCUT2D eigenvalue weighted by Gasteiger charge is -2.25. The molecule has 4 nitrogen and oxygen atoms in total. The maximum absolute atomic E-state index is 12.4. The van der Waals surface area contributed by atoms with Crippen LogP contribution >= 0.6 is 0 Å². The Labute approximate surface area is 144 Å². The molecule has 1 atom stereocenters. The van der Waals surface area contributed by atoms with Gasteiger partial charge in [0.2, 0.25) is 0 Å². The molecule has 0 saturated heterocycles. The smallest absolute Gasteiger partial charge is 0.251 e. The summed E-state index contributed by atoms with van der Waals surface area (Å²) in [5.74, 6) is 0.786. The monoisotopic (exact) mass is 326 g/mol. The number of hydrogen-bond acceptors (Lipinski definition) is 3. The fraction of sp³-hybridized carbons (Fsp3) is 0.350. The van der Waals surface area contributed by atoms with Gasteiger partial charge < -0.3 is 15.0 Å². The molecule has 0 aliphatic heterocycles. The number of nitrogens with one attached hydrogen (secondary N) is 1. The first-order chi connectivity index (χ1) is 11.4. The van der Waals surface area contributed by atoms with Crippen LogP contribution in [0.4, 0.5) is 0 Å². The first kappa shape index (κ1) is 18.0. The highest BCUT2D eigenvalue weighted by molar-refractivity contribution is 5.94. The van der Waals surface area contributed by atoms with Gasteiger partial charge in [-0.05, 0) is 68.9 Å². The van der Waals surface area contributed by atoms with Gasteiger partial charge in [-0.2, -0.15) is 0 Å². The van der Waals surface area contributed by atoms with E-state index in [1.54, 1.807) is 7.11 Å². The summed E-state index contributed by atoms with van der Waals surface area (Å²) in [7, 11) is 5.68. The molecule has 2 aromatic carbocycles. The minimum atomic E-state index is -0.0431. The van der Waals surface area contributed by atoms with Crippen molar-refractivity contribution in [3.05, 3.63) is 64.7 Å². The van der Waals surface area contributed by atoms with E-state index in [1.165, 1.54) is 5.56 Å². The van der Waals surface area contributed by atoms with Crippen molar-refractivity contribution in [1.82, 2.24) is 10.2 Å². The van der Waals surface area contributed by atoms with E-state index in [1.807, 2.05) is 70.4 Å². The number of nitrogens with zero attached hydrogens (tertiary/aromatic N) is 1. The third kappa shape index (κ3) is 4.36. The summed E-state index contributed by atoms with van der Waals surface area (Å²) in [6.07, 6.45) is 0. The van der Waals surface area contributed by atoms with E-state index in [9.17, 15) is 4.79 Å². The van der Waals surface area contributed by atoms with Crippen molar-refractivity contribution in [3.8, 4) is 5.75 Å². The zero-order chi connectivity index (χ0) is 17.7. The molecule has 0 spiro atoms. The average molecular weight is 326 g/mol. The molecule has 1 amide bonds. The topological polar surface area (TPSA) is 41.6 Å². The van der Waals surface area contributed by atoms with Gasteiger partial charge in [0.05, 0.1) is 13.2 Å². The molecule has 0 fully saturated rings. The van der Waals surface area contributed by atoms with E-state index >= 15 is 0 Å². The third-order valence-corrected chi connectivity index (χ3v) is 4.35. The van der Waals surface area contributed by atoms with Gasteiger partial charge in [-0.15, -0.1) is 0 Å². The van der Waals surface area contributed by atoms with Crippen LogP contribution in [0.5, 0.6) is 5.75 Å². The lowest BCUT2D eigenvalue weighted by molar-refractivity contribution is 0.0942. The molecule has 0 aromatic heterocycles. The zero-order valence-corrected chi connectivity index (χ0v) is 15.1. The Balaban J connectivity index is 2.07. The maximum atomic E-state index is 12.4. The molecule has 0 heterocycles. The molecule has 4 heteroatoms. The maximum Gasteiger partial charge on any atom is 0.251 e. The van der Waals surface area contributed by atoms with Crippen molar-refractivity contribution < 1.29 is 9.53 Å². The number of amides is 1. The van der Waals surface area contributed by atoms with Gasteiger partial charge in [0, 0.05) is 12.1 Å². The van der Waals surface area contributed by atoms with E-state index in [0.29, 0.717) is 12.1 Å². The number of carbonyl (C=O) groups is 1. The van der Waals surface area contributed by atoms with Gasteiger partial charge in [-0.3, -0.25) is 4.79 Å². The molecular weight excluding hydrogens is 300 g/mol. The molecular formula is C20H26N2O2. The van der Waals surface area contributed by atoms with Crippen LogP contribution in [-0.2, 0) is 0 Å². The summed E-state index contributed by atoms with van der Waals surface area (Å²) in [6, 6.07) is 13.8. The van der Waals surface area contributed by atoms with Crippen LogP contribution in [0.3, 0.4) is 0 Å². The minimum absolute atomic E-state index is 0.0431. The number of rotatable bonds is 6. The third-order valence-electron chi connectivity index (χ3n) is 4.35. The molecule has 0 unspecified atom stereocenters. The highest BCUT2D eigenvalue weighted by Gasteiger charge is 2.16. The average Bonchev–Trinajstić information content (AvgIpc) is 2.57. The molecule has 2 aromatic rings. The van der Waals surface area contributed by atoms with Gasteiger partial charge in [0.1, 0.15) is 5.75 Å². The number of carbonyl (C=O) groups excluding carboxylic acids is 1. The van der Waals surface area contributed by atoms with Gasteiger partial charge in [0.15, 0.2) is 0 Å². The molecule has 128 valence electrons. The van der Waals surface area contributed by atoms with Crippen molar-refractivity contribution in [1.29, 1.82) is 0 Å². The molecule has 0 saturated carbocycles. The van der Waals surface area contributed by atoms with Crippen molar-refractivity contribution >= 4 is 5.91 Å². The lowest BCUT2D eigenvalue weighted by Crippen LogP contribution is -2.34. The summed E-state index contributed by atoms with van der Waals surface area (Å²) >= 11 is 0. The Bertz CT molecular complexity index is 693. The van der Waals surface area contributed by atoms with Crippen LogP contribution in [0, 0.1) is 13.8 Å². The zero-order valence-electron chi connectivity index (χ0n) is 15.1. The minimum Gasteiger partial charge on any atom is -0.497 e. The van der Waals surface area contributed by atoms with Crippen LogP contribution in [0.2, 0.25) is 0 Å². The van der Waals surface area contributed by atoms with Crippen LogP contribution in [0.15, 0.2) is 42.5 Å². The summed E-state index contributed by atoms with van der Waals surface area (Å²) in [6.45, 7) is 4.61. The molecule has 1 N–H and O–H groups in total. The Morgan fingerprint density at radius 3 is 2.29 bits per heavy atom. The molecule has 0 aliphatic carbocycles. The van der Waals surface area contributed by atoms with Gasteiger partial charge >= 0.3 is 0 Å². The Hall–Kier alpha value is -2.33. The molecule has 24 heavy (non-hydrogen) atoms. The SMILES string of the molecule is COc1ccc([C@@H](CNC(=O)c2ccc(C)c(C)c2)N(C)C)cc1. The number of methoxy groups -OCH3 is 1. The van der Waals surface area contributed by atoms with E-state index in [4.69, 9.17) is 4.74 Å². The van der Waals surface area contributed by atoms with E-state index in [-0.39, 0.29) is 11.9 Å². The molecule has 0 aliphatic rings. The molecule has 0 bridgehead atoms. The van der Waals surface area contributed by atoms with Crippen molar-refractivity contribution in [2.24, 2.45) is 0 Å². The summed E-state index contributed by atoms with van der Waals surface area (Å²) in [5.41, 5.74) is 4.16. The number of benzene rings is 2. The number of aryl methyl sites for hydroxylation is 2. The van der Waals surface area contributed by atoms with Crippen molar-refractivity contribution in [3.63, 3.8) is 0 Å². The summed E-state index contributed by atoms with van der Waals surface area (Å²) in [4.78, 5) is 14.5. The van der Waals surface area contributed by atoms with Crippen LogP contribution in [-0.4, -0.2) is 38.6 Å². The summed E-state index contributed by atoms with van der Waals surface area (Å²) < 4.78 is 5.20. The van der Waals surface area contributed by atoms with Gasteiger partial charge in [-0.25, -0.2) is 0 Å². The Kier molecular flexibility index (Phi) is 5.99. The highest BCUT2D eigenvalue weighted by Crippen LogP contribution is 2.21. The second-order valence-electron chi connectivity index (χ2n) is 6.26.